The van der Waals surface area contributed by atoms with E-state index in [-0.39, 0.29) is 11.9 Å². The van der Waals surface area contributed by atoms with Crippen molar-refractivity contribution in [1.29, 1.82) is 0 Å². The van der Waals surface area contributed by atoms with Gasteiger partial charge < -0.3 is 10.6 Å². The van der Waals surface area contributed by atoms with Gasteiger partial charge in [0.2, 0.25) is 5.91 Å². The van der Waals surface area contributed by atoms with Crippen LogP contribution >= 0.6 is 0 Å². The molecule has 20 heavy (non-hydrogen) atoms. The minimum absolute atomic E-state index is 0.0885. The molecular weight excluding hydrogens is 248 g/mol. The predicted octanol–water partition coefficient (Wildman–Crippen LogP) is 3.11. The molecule has 1 aliphatic carbocycles. The van der Waals surface area contributed by atoms with Crippen LogP contribution < -0.4 is 10.6 Å². The van der Waals surface area contributed by atoms with Gasteiger partial charge in [0, 0.05) is 18.2 Å². The SMILES string of the molecule is CCC1CCCC(NC(=O)[C@@H]2Cc3ccccc3N2)C1. The van der Waals surface area contributed by atoms with Gasteiger partial charge in [0.1, 0.15) is 6.04 Å². The molecule has 2 unspecified atom stereocenters. The summed E-state index contributed by atoms with van der Waals surface area (Å²) in [6.45, 7) is 2.25. The fourth-order valence-electron chi connectivity index (χ4n) is 3.55. The molecule has 0 saturated heterocycles. The Bertz CT molecular complexity index is 461. The number of fused-ring (bicyclic) bond motifs is 1. The highest BCUT2D eigenvalue weighted by Crippen LogP contribution is 2.28. The molecule has 3 atom stereocenters. The molecule has 2 N–H and O–H groups in total. The highest BCUT2D eigenvalue weighted by molar-refractivity contribution is 5.87. The van der Waals surface area contributed by atoms with Gasteiger partial charge in [0.15, 0.2) is 0 Å². The van der Waals surface area contributed by atoms with E-state index in [4.69, 9.17) is 0 Å². The summed E-state index contributed by atoms with van der Waals surface area (Å²) >= 11 is 0. The first-order chi connectivity index (χ1) is 9.76. The molecular formula is C17H24N2O. The highest BCUT2D eigenvalue weighted by atomic mass is 16.2. The van der Waals surface area contributed by atoms with Gasteiger partial charge in [-0.2, -0.15) is 0 Å². The molecule has 0 aromatic heterocycles. The van der Waals surface area contributed by atoms with Crippen molar-refractivity contribution in [1.82, 2.24) is 5.32 Å². The number of carbonyl (C=O) groups excluding carboxylic acids is 1. The zero-order chi connectivity index (χ0) is 13.9. The Hall–Kier alpha value is -1.51. The number of hydrogen-bond donors (Lipinski definition) is 2. The third-order valence-corrected chi connectivity index (χ3v) is 4.79. The molecule has 2 aliphatic rings. The van der Waals surface area contributed by atoms with Crippen LogP contribution in [0.25, 0.3) is 0 Å². The summed E-state index contributed by atoms with van der Waals surface area (Å²) in [7, 11) is 0. The lowest BCUT2D eigenvalue weighted by atomic mass is 9.84. The smallest absolute Gasteiger partial charge is 0.243 e. The number of rotatable bonds is 3. The summed E-state index contributed by atoms with van der Waals surface area (Å²) in [6.07, 6.45) is 6.92. The molecule has 1 aromatic rings. The average molecular weight is 272 g/mol. The standard InChI is InChI=1S/C17H24N2O/c1-2-12-6-5-8-14(10-12)18-17(20)16-11-13-7-3-4-9-15(13)19-16/h3-4,7,9,12,14,16,19H,2,5-6,8,10-11H2,1H3,(H,18,20)/t12?,14?,16-/m0/s1. The van der Waals surface area contributed by atoms with Crippen molar-refractivity contribution in [2.45, 2.75) is 57.5 Å². The normalized spacial score (nSPS) is 28.6. The van der Waals surface area contributed by atoms with Crippen LogP contribution in [0.1, 0.15) is 44.6 Å². The van der Waals surface area contributed by atoms with E-state index >= 15 is 0 Å². The molecule has 0 radical (unpaired) electrons. The first kappa shape index (κ1) is 13.5. The fraction of sp³-hybridized carbons (Fsp3) is 0.588. The third-order valence-electron chi connectivity index (χ3n) is 4.79. The van der Waals surface area contributed by atoms with E-state index in [0.717, 1.165) is 30.9 Å². The van der Waals surface area contributed by atoms with Crippen molar-refractivity contribution in [2.75, 3.05) is 5.32 Å². The Labute approximate surface area is 121 Å². The lowest BCUT2D eigenvalue weighted by Gasteiger charge is -2.30. The van der Waals surface area contributed by atoms with Crippen LogP contribution in [0.3, 0.4) is 0 Å². The number of hydrogen-bond acceptors (Lipinski definition) is 2. The van der Waals surface area contributed by atoms with E-state index in [1.165, 1.54) is 24.8 Å². The second-order valence-electron chi connectivity index (χ2n) is 6.20. The third kappa shape index (κ3) is 2.82. The number of amides is 1. The Kier molecular flexibility index (Phi) is 3.95. The maximum atomic E-state index is 12.4. The molecule has 1 heterocycles. The first-order valence-corrected chi connectivity index (χ1v) is 7.91. The molecule has 1 aliphatic heterocycles. The van der Waals surface area contributed by atoms with Crippen LogP contribution in [-0.2, 0) is 11.2 Å². The van der Waals surface area contributed by atoms with Crippen LogP contribution in [0.2, 0.25) is 0 Å². The van der Waals surface area contributed by atoms with Gasteiger partial charge >= 0.3 is 0 Å². The molecule has 3 rings (SSSR count). The van der Waals surface area contributed by atoms with E-state index in [1.54, 1.807) is 0 Å². The summed E-state index contributed by atoms with van der Waals surface area (Å²) in [6, 6.07) is 8.49. The molecule has 1 saturated carbocycles. The van der Waals surface area contributed by atoms with Gasteiger partial charge in [-0.25, -0.2) is 0 Å². The summed E-state index contributed by atoms with van der Waals surface area (Å²) in [5.41, 5.74) is 2.37. The molecule has 3 heteroatoms. The van der Waals surface area contributed by atoms with Gasteiger partial charge in [-0.05, 0) is 30.4 Å². The highest BCUT2D eigenvalue weighted by Gasteiger charge is 2.29. The topological polar surface area (TPSA) is 41.1 Å². The van der Waals surface area contributed by atoms with Gasteiger partial charge in [-0.15, -0.1) is 0 Å². The van der Waals surface area contributed by atoms with Crippen LogP contribution in [-0.4, -0.2) is 18.0 Å². The van der Waals surface area contributed by atoms with Gasteiger partial charge in [-0.1, -0.05) is 44.4 Å². The zero-order valence-electron chi connectivity index (χ0n) is 12.2. The van der Waals surface area contributed by atoms with Crippen molar-refractivity contribution < 1.29 is 4.79 Å². The Morgan fingerprint density at radius 3 is 3.00 bits per heavy atom. The molecule has 0 spiro atoms. The second kappa shape index (κ2) is 5.86. The number of anilines is 1. The first-order valence-electron chi connectivity index (χ1n) is 7.91. The maximum Gasteiger partial charge on any atom is 0.243 e. The summed E-state index contributed by atoms with van der Waals surface area (Å²) in [4.78, 5) is 12.4. The van der Waals surface area contributed by atoms with E-state index in [2.05, 4.69) is 29.7 Å². The van der Waals surface area contributed by atoms with Crippen molar-refractivity contribution in [2.24, 2.45) is 5.92 Å². The molecule has 3 nitrogen and oxygen atoms in total. The molecule has 1 amide bonds. The summed E-state index contributed by atoms with van der Waals surface area (Å²) < 4.78 is 0. The van der Waals surface area contributed by atoms with Crippen molar-refractivity contribution >= 4 is 11.6 Å². The molecule has 1 fully saturated rings. The lowest BCUT2D eigenvalue weighted by molar-refractivity contribution is -0.122. The molecule has 108 valence electrons. The van der Waals surface area contributed by atoms with Crippen LogP contribution in [0.15, 0.2) is 24.3 Å². The lowest BCUT2D eigenvalue weighted by Crippen LogP contribution is -2.45. The van der Waals surface area contributed by atoms with Crippen LogP contribution in [0.5, 0.6) is 0 Å². The second-order valence-corrected chi connectivity index (χ2v) is 6.20. The molecule has 0 bridgehead atoms. The number of benzene rings is 1. The number of nitrogens with one attached hydrogen (secondary N) is 2. The average Bonchev–Trinajstić information content (AvgIpc) is 2.91. The van der Waals surface area contributed by atoms with Crippen molar-refractivity contribution in [3.05, 3.63) is 29.8 Å². The van der Waals surface area contributed by atoms with Crippen LogP contribution in [0, 0.1) is 5.92 Å². The largest absolute Gasteiger partial charge is 0.373 e. The Morgan fingerprint density at radius 2 is 2.20 bits per heavy atom. The monoisotopic (exact) mass is 272 g/mol. The zero-order valence-corrected chi connectivity index (χ0v) is 12.2. The number of para-hydroxylation sites is 1. The van der Waals surface area contributed by atoms with E-state index in [9.17, 15) is 4.79 Å². The molecule has 1 aromatic carbocycles. The van der Waals surface area contributed by atoms with Gasteiger partial charge in [0.25, 0.3) is 0 Å². The van der Waals surface area contributed by atoms with Gasteiger partial charge in [-0.3, -0.25) is 4.79 Å². The van der Waals surface area contributed by atoms with Gasteiger partial charge in [0.05, 0.1) is 0 Å². The van der Waals surface area contributed by atoms with E-state index in [0.29, 0.717) is 6.04 Å². The van der Waals surface area contributed by atoms with E-state index in [1.807, 2.05) is 12.1 Å². The minimum Gasteiger partial charge on any atom is -0.373 e. The Morgan fingerprint density at radius 1 is 1.35 bits per heavy atom. The van der Waals surface area contributed by atoms with Crippen molar-refractivity contribution in [3.8, 4) is 0 Å². The van der Waals surface area contributed by atoms with E-state index < -0.39 is 0 Å². The Balaban J connectivity index is 1.56. The summed E-state index contributed by atoms with van der Waals surface area (Å²) in [5, 5.41) is 6.60. The quantitative estimate of drug-likeness (QED) is 0.887. The maximum absolute atomic E-state index is 12.4. The predicted molar refractivity (Wildman–Crippen MR) is 81.7 cm³/mol. The number of carbonyl (C=O) groups is 1. The summed E-state index contributed by atoms with van der Waals surface area (Å²) in [5.74, 6) is 0.964. The fourth-order valence-corrected chi connectivity index (χ4v) is 3.55. The van der Waals surface area contributed by atoms with Crippen LogP contribution in [0.4, 0.5) is 5.69 Å². The van der Waals surface area contributed by atoms with Crippen molar-refractivity contribution in [3.63, 3.8) is 0 Å². The minimum atomic E-state index is -0.0885.